The van der Waals surface area contributed by atoms with E-state index < -0.39 is 5.97 Å². The van der Waals surface area contributed by atoms with Gasteiger partial charge in [-0.05, 0) is 29.7 Å². The molecule has 1 amide bonds. The summed E-state index contributed by atoms with van der Waals surface area (Å²) in [5.41, 5.74) is 3.66. The van der Waals surface area contributed by atoms with Crippen LogP contribution in [0.15, 0.2) is 41.6 Å². The molecule has 25 heavy (non-hydrogen) atoms. The topological polar surface area (TPSA) is 70.5 Å². The number of thioether (sulfide) groups is 1. The van der Waals surface area contributed by atoms with Crippen LogP contribution in [0.3, 0.4) is 0 Å². The number of aromatic nitrogens is 1. The van der Waals surface area contributed by atoms with E-state index in [-0.39, 0.29) is 12.5 Å². The summed E-state index contributed by atoms with van der Waals surface area (Å²) < 4.78 is 0. The van der Waals surface area contributed by atoms with Crippen molar-refractivity contribution in [2.24, 2.45) is 0 Å². The lowest BCUT2D eigenvalue weighted by Crippen LogP contribution is -2.40. The maximum atomic E-state index is 12.5. The minimum absolute atomic E-state index is 0.210. The monoisotopic (exact) mass is 356 g/mol. The molecule has 0 saturated heterocycles. The van der Waals surface area contributed by atoms with E-state index >= 15 is 0 Å². The number of carboxylic acids is 1. The number of carboxylic acid groups (broad SMARTS) is 1. The third-order valence-electron chi connectivity index (χ3n) is 4.03. The molecule has 0 unspecified atom stereocenters. The average Bonchev–Trinajstić information content (AvgIpc) is 2.57. The van der Waals surface area contributed by atoms with Crippen LogP contribution in [-0.4, -0.2) is 45.2 Å². The van der Waals surface area contributed by atoms with E-state index in [2.05, 4.69) is 18.8 Å². The number of carbonyl (C=O) groups excluding carboxylic acids is 1. The fourth-order valence-corrected chi connectivity index (χ4v) is 3.83. The molecule has 1 aliphatic heterocycles. The van der Waals surface area contributed by atoms with Gasteiger partial charge < -0.3 is 10.0 Å². The number of amides is 1. The number of rotatable bonds is 5. The van der Waals surface area contributed by atoms with Crippen molar-refractivity contribution in [1.82, 2.24) is 9.88 Å². The summed E-state index contributed by atoms with van der Waals surface area (Å²) in [5.74, 6) is -1.20. The van der Waals surface area contributed by atoms with Gasteiger partial charge in [-0.2, -0.15) is 0 Å². The minimum atomic E-state index is -0.987. The van der Waals surface area contributed by atoms with Gasteiger partial charge >= 0.3 is 5.97 Å². The SMILES string of the molecule is CC(C)Sc1ncccc1-c1ccc2c(c1)CCN(CC(=O)O)C2=O. The molecule has 2 heterocycles. The lowest BCUT2D eigenvalue weighted by Gasteiger charge is -2.27. The molecule has 1 aliphatic rings. The lowest BCUT2D eigenvalue weighted by atomic mass is 9.94. The van der Waals surface area contributed by atoms with Gasteiger partial charge in [0.15, 0.2) is 0 Å². The number of hydrogen-bond donors (Lipinski definition) is 1. The minimum Gasteiger partial charge on any atom is -0.480 e. The van der Waals surface area contributed by atoms with Crippen LogP contribution in [0.5, 0.6) is 0 Å². The second kappa shape index (κ2) is 7.27. The zero-order chi connectivity index (χ0) is 18.0. The molecule has 0 saturated carbocycles. The smallest absolute Gasteiger partial charge is 0.323 e. The quantitative estimate of drug-likeness (QED) is 0.832. The summed E-state index contributed by atoms with van der Waals surface area (Å²) >= 11 is 1.71. The highest BCUT2D eigenvalue weighted by Crippen LogP contribution is 2.33. The van der Waals surface area contributed by atoms with Crippen LogP contribution in [0.2, 0.25) is 0 Å². The summed E-state index contributed by atoms with van der Waals surface area (Å²) in [6.45, 7) is 4.44. The molecule has 0 aliphatic carbocycles. The molecule has 130 valence electrons. The Balaban J connectivity index is 1.93. The van der Waals surface area contributed by atoms with E-state index in [0.717, 1.165) is 21.7 Å². The van der Waals surface area contributed by atoms with Gasteiger partial charge in [0.05, 0.1) is 0 Å². The number of pyridine rings is 1. The van der Waals surface area contributed by atoms with Crippen molar-refractivity contribution in [2.45, 2.75) is 30.5 Å². The molecule has 1 aromatic heterocycles. The highest BCUT2D eigenvalue weighted by molar-refractivity contribution is 7.99. The van der Waals surface area contributed by atoms with Crippen LogP contribution < -0.4 is 0 Å². The summed E-state index contributed by atoms with van der Waals surface area (Å²) in [6, 6.07) is 9.71. The average molecular weight is 356 g/mol. The Morgan fingerprint density at radius 1 is 1.32 bits per heavy atom. The Kier molecular flexibility index (Phi) is 5.08. The molecule has 5 nitrogen and oxygen atoms in total. The second-order valence-corrected chi connectivity index (χ2v) is 7.83. The fraction of sp³-hybridized carbons (Fsp3) is 0.316. The van der Waals surface area contributed by atoms with Gasteiger partial charge in [-0.3, -0.25) is 9.59 Å². The van der Waals surface area contributed by atoms with E-state index in [1.807, 2.05) is 24.3 Å². The molecule has 3 rings (SSSR count). The molecule has 1 N–H and O–H groups in total. The van der Waals surface area contributed by atoms with E-state index in [1.54, 1.807) is 24.0 Å². The van der Waals surface area contributed by atoms with Gasteiger partial charge in [0.1, 0.15) is 11.6 Å². The molecule has 0 fully saturated rings. The first-order valence-electron chi connectivity index (χ1n) is 8.21. The van der Waals surface area contributed by atoms with Gasteiger partial charge in [-0.1, -0.05) is 32.0 Å². The summed E-state index contributed by atoms with van der Waals surface area (Å²) in [5, 5.41) is 10.3. The Labute approximate surface area is 151 Å². The van der Waals surface area contributed by atoms with Gasteiger partial charge in [0, 0.05) is 29.1 Å². The Bertz CT molecular complexity index is 820. The Morgan fingerprint density at radius 2 is 2.12 bits per heavy atom. The Morgan fingerprint density at radius 3 is 2.84 bits per heavy atom. The number of nitrogens with zero attached hydrogens (tertiary/aromatic N) is 2. The van der Waals surface area contributed by atoms with Gasteiger partial charge in [-0.15, -0.1) is 11.8 Å². The largest absolute Gasteiger partial charge is 0.480 e. The van der Waals surface area contributed by atoms with E-state index in [9.17, 15) is 9.59 Å². The van der Waals surface area contributed by atoms with Crippen molar-refractivity contribution in [1.29, 1.82) is 0 Å². The summed E-state index contributed by atoms with van der Waals surface area (Å²) in [6.07, 6.45) is 2.45. The van der Waals surface area contributed by atoms with E-state index in [4.69, 9.17) is 5.11 Å². The zero-order valence-electron chi connectivity index (χ0n) is 14.2. The van der Waals surface area contributed by atoms with Gasteiger partial charge in [-0.25, -0.2) is 4.98 Å². The zero-order valence-corrected chi connectivity index (χ0v) is 15.0. The van der Waals surface area contributed by atoms with Crippen molar-refractivity contribution in [3.8, 4) is 11.1 Å². The number of fused-ring (bicyclic) bond motifs is 1. The molecule has 0 atom stereocenters. The van der Waals surface area contributed by atoms with Crippen LogP contribution in [0.1, 0.15) is 29.8 Å². The second-order valence-electron chi connectivity index (χ2n) is 6.27. The number of benzene rings is 1. The highest BCUT2D eigenvalue weighted by atomic mass is 32.2. The predicted octanol–water partition coefficient (Wildman–Crippen LogP) is 3.33. The normalized spacial score (nSPS) is 13.9. The van der Waals surface area contributed by atoms with Crippen molar-refractivity contribution in [3.05, 3.63) is 47.7 Å². The van der Waals surface area contributed by atoms with Crippen LogP contribution in [-0.2, 0) is 11.2 Å². The molecular weight excluding hydrogens is 336 g/mol. The van der Waals surface area contributed by atoms with Crippen molar-refractivity contribution in [2.75, 3.05) is 13.1 Å². The van der Waals surface area contributed by atoms with Crippen LogP contribution in [0, 0.1) is 0 Å². The maximum absolute atomic E-state index is 12.5. The number of hydrogen-bond acceptors (Lipinski definition) is 4. The molecule has 2 aromatic rings. The lowest BCUT2D eigenvalue weighted by molar-refractivity contribution is -0.137. The Hall–Kier alpha value is -2.34. The van der Waals surface area contributed by atoms with Gasteiger partial charge in [0.25, 0.3) is 5.91 Å². The number of aliphatic carboxylic acids is 1. The molecule has 1 aromatic carbocycles. The third-order valence-corrected chi connectivity index (χ3v) is 5.05. The first-order valence-corrected chi connectivity index (χ1v) is 9.09. The third kappa shape index (κ3) is 3.85. The molecule has 0 bridgehead atoms. The van der Waals surface area contributed by atoms with Crippen LogP contribution in [0.25, 0.3) is 11.1 Å². The van der Waals surface area contributed by atoms with Gasteiger partial charge in [0.2, 0.25) is 0 Å². The summed E-state index contributed by atoms with van der Waals surface area (Å²) in [7, 11) is 0. The summed E-state index contributed by atoms with van der Waals surface area (Å²) in [4.78, 5) is 29.2. The highest BCUT2D eigenvalue weighted by Gasteiger charge is 2.26. The van der Waals surface area contributed by atoms with Crippen molar-refractivity contribution < 1.29 is 14.7 Å². The number of carbonyl (C=O) groups is 2. The van der Waals surface area contributed by atoms with Crippen LogP contribution in [0.4, 0.5) is 0 Å². The first-order chi connectivity index (χ1) is 12.0. The molecular formula is C19H20N2O3S. The molecule has 0 spiro atoms. The maximum Gasteiger partial charge on any atom is 0.323 e. The van der Waals surface area contributed by atoms with Crippen molar-refractivity contribution in [3.63, 3.8) is 0 Å². The van der Waals surface area contributed by atoms with Crippen LogP contribution >= 0.6 is 11.8 Å². The first kappa shape index (κ1) is 17.5. The van der Waals surface area contributed by atoms with Crippen molar-refractivity contribution >= 4 is 23.6 Å². The van der Waals surface area contributed by atoms with E-state index in [0.29, 0.717) is 23.8 Å². The van der Waals surface area contributed by atoms with E-state index in [1.165, 1.54) is 4.90 Å². The fourth-order valence-electron chi connectivity index (χ4n) is 2.95. The predicted molar refractivity (Wildman–Crippen MR) is 97.9 cm³/mol. The molecule has 6 heteroatoms. The standard InChI is InChI=1S/C19H20N2O3S/c1-12(2)25-18-15(4-3-8-20-18)13-5-6-16-14(10-13)7-9-21(19(16)24)11-17(22)23/h3-6,8,10,12H,7,9,11H2,1-2H3,(H,22,23). The molecule has 0 radical (unpaired) electrons.